The number of hydrogen-bond donors (Lipinski definition) is 2. The number of rotatable bonds is 3. The molecule has 2 rings (SSSR count). The minimum Gasteiger partial charge on any atom is -0.345 e. The Labute approximate surface area is 134 Å². The first kappa shape index (κ1) is 16.7. The zero-order chi connectivity index (χ0) is 13.2. The molecule has 0 bridgehead atoms. The molecule has 0 spiro atoms. The highest BCUT2D eigenvalue weighted by Crippen LogP contribution is 2.29. The maximum Gasteiger partial charge on any atom is 0.251 e. The van der Waals surface area contributed by atoms with Gasteiger partial charge in [-0.3, -0.25) is 4.79 Å². The van der Waals surface area contributed by atoms with Crippen LogP contribution in [0.2, 0.25) is 0 Å². The van der Waals surface area contributed by atoms with Gasteiger partial charge in [-0.15, -0.1) is 12.4 Å². The summed E-state index contributed by atoms with van der Waals surface area (Å²) < 4.78 is 1.12. The van der Waals surface area contributed by atoms with Gasteiger partial charge in [-0.1, -0.05) is 18.9 Å². The number of nitrogens with one attached hydrogen (secondary N) is 1. The molecule has 0 aromatic heterocycles. The first-order valence-electron chi connectivity index (χ1n) is 6.35. The van der Waals surface area contributed by atoms with E-state index in [-0.39, 0.29) is 23.9 Å². The SMILES string of the molecule is Cc1ccc(C(=O)NC2(CN)CCCC2)cc1I.Cl. The van der Waals surface area contributed by atoms with Gasteiger partial charge in [-0.25, -0.2) is 0 Å². The second-order valence-electron chi connectivity index (χ2n) is 5.11. The number of carbonyl (C=O) groups excluding carboxylic acids is 1. The van der Waals surface area contributed by atoms with Crippen LogP contribution in [0.4, 0.5) is 0 Å². The smallest absolute Gasteiger partial charge is 0.251 e. The highest BCUT2D eigenvalue weighted by atomic mass is 127. The van der Waals surface area contributed by atoms with E-state index in [0.29, 0.717) is 6.54 Å². The Balaban J connectivity index is 0.00000180. The summed E-state index contributed by atoms with van der Waals surface area (Å²) in [6, 6.07) is 5.80. The Hall–Kier alpha value is -0.330. The van der Waals surface area contributed by atoms with Crippen LogP contribution in [0.5, 0.6) is 0 Å². The van der Waals surface area contributed by atoms with Crippen LogP contribution in [-0.4, -0.2) is 18.0 Å². The fraction of sp³-hybridized carbons (Fsp3) is 0.500. The third kappa shape index (κ3) is 3.83. The standard InChI is InChI=1S/C14H19IN2O.ClH/c1-10-4-5-11(8-12(10)15)13(18)17-14(9-16)6-2-3-7-14;/h4-5,8H,2-3,6-7,9,16H2,1H3,(H,17,18);1H. The Morgan fingerprint density at radius 2 is 2.05 bits per heavy atom. The normalized spacial score (nSPS) is 16.8. The molecule has 1 amide bonds. The van der Waals surface area contributed by atoms with E-state index in [1.165, 1.54) is 5.56 Å². The predicted molar refractivity (Wildman–Crippen MR) is 88.9 cm³/mol. The van der Waals surface area contributed by atoms with Crippen molar-refractivity contribution in [3.05, 3.63) is 32.9 Å². The monoisotopic (exact) mass is 394 g/mol. The van der Waals surface area contributed by atoms with Gasteiger partial charge in [0.1, 0.15) is 0 Å². The van der Waals surface area contributed by atoms with Crippen molar-refractivity contribution in [3.63, 3.8) is 0 Å². The lowest BCUT2D eigenvalue weighted by molar-refractivity contribution is 0.0903. The second kappa shape index (κ2) is 6.90. The number of carbonyl (C=O) groups is 1. The van der Waals surface area contributed by atoms with Crippen molar-refractivity contribution < 1.29 is 4.79 Å². The minimum absolute atomic E-state index is 0. The lowest BCUT2D eigenvalue weighted by Crippen LogP contribution is -2.51. The van der Waals surface area contributed by atoms with Crippen molar-refractivity contribution in [2.45, 2.75) is 38.1 Å². The maximum absolute atomic E-state index is 12.3. The molecule has 1 aromatic rings. The van der Waals surface area contributed by atoms with Crippen LogP contribution in [0.3, 0.4) is 0 Å². The molecule has 1 aliphatic rings. The number of benzene rings is 1. The molecule has 1 fully saturated rings. The van der Waals surface area contributed by atoms with Crippen LogP contribution in [0.1, 0.15) is 41.6 Å². The average Bonchev–Trinajstić information content (AvgIpc) is 2.82. The molecule has 1 aromatic carbocycles. The van der Waals surface area contributed by atoms with Gasteiger partial charge >= 0.3 is 0 Å². The van der Waals surface area contributed by atoms with Gasteiger partial charge < -0.3 is 11.1 Å². The number of nitrogens with two attached hydrogens (primary N) is 1. The van der Waals surface area contributed by atoms with Gasteiger partial charge in [0.2, 0.25) is 0 Å². The summed E-state index contributed by atoms with van der Waals surface area (Å²) in [4.78, 5) is 12.3. The van der Waals surface area contributed by atoms with E-state index < -0.39 is 0 Å². The summed E-state index contributed by atoms with van der Waals surface area (Å²) in [6.07, 6.45) is 4.31. The highest BCUT2D eigenvalue weighted by Gasteiger charge is 2.34. The van der Waals surface area contributed by atoms with E-state index in [0.717, 1.165) is 34.8 Å². The molecule has 3 nitrogen and oxygen atoms in total. The zero-order valence-corrected chi connectivity index (χ0v) is 14.0. The number of hydrogen-bond acceptors (Lipinski definition) is 2. The summed E-state index contributed by atoms with van der Waals surface area (Å²) in [5.41, 5.74) is 7.58. The second-order valence-corrected chi connectivity index (χ2v) is 6.27. The Kier molecular flexibility index (Phi) is 6.08. The first-order valence-corrected chi connectivity index (χ1v) is 7.43. The van der Waals surface area contributed by atoms with Gasteiger partial charge in [0.05, 0.1) is 5.54 Å². The van der Waals surface area contributed by atoms with Crippen molar-refractivity contribution in [1.82, 2.24) is 5.32 Å². The molecule has 0 radical (unpaired) electrons. The maximum atomic E-state index is 12.3. The Morgan fingerprint density at radius 3 is 2.58 bits per heavy atom. The van der Waals surface area contributed by atoms with E-state index >= 15 is 0 Å². The molecule has 0 atom stereocenters. The number of amides is 1. The molecule has 0 saturated heterocycles. The highest BCUT2D eigenvalue weighted by molar-refractivity contribution is 14.1. The number of aryl methyl sites for hydroxylation is 1. The van der Waals surface area contributed by atoms with Crippen molar-refractivity contribution in [3.8, 4) is 0 Å². The molecule has 5 heteroatoms. The lowest BCUT2D eigenvalue weighted by Gasteiger charge is -2.28. The molecule has 0 unspecified atom stereocenters. The topological polar surface area (TPSA) is 55.1 Å². The molecule has 106 valence electrons. The fourth-order valence-electron chi connectivity index (χ4n) is 2.48. The van der Waals surface area contributed by atoms with Gasteiger partial charge in [-0.05, 0) is 60.1 Å². The summed E-state index contributed by atoms with van der Waals surface area (Å²) >= 11 is 2.26. The molecule has 19 heavy (non-hydrogen) atoms. The van der Waals surface area contributed by atoms with E-state index in [1.54, 1.807) is 0 Å². The largest absolute Gasteiger partial charge is 0.345 e. The van der Waals surface area contributed by atoms with E-state index in [1.807, 2.05) is 25.1 Å². The quantitative estimate of drug-likeness (QED) is 0.774. The van der Waals surface area contributed by atoms with Crippen LogP contribution in [-0.2, 0) is 0 Å². The molecule has 3 N–H and O–H groups in total. The van der Waals surface area contributed by atoms with Crippen molar-refractivity contribution >= 4 is 40.9 Å². The molecule has 1 aliphatic carbocycles. The summed E-state index contributed by atoms with van der Waals surface area (Å²) in [6.45, 7) is 2.57. The molecule has 0 aliphatic heterocycles. The van der Waals surface area contributed by atoms with E-state index in [9.17, 15) is 4.79 Å². The van der Waals surface area contributed by atoms with Gasteiger partial charge in [0.25, 0.3) is 5.91 Å². The summed E-state index contributed by atoms with van der Waals surface area (Å²) in [5.74, 6) is 0.000246. The first-order chi connectivity index (χ1) is 8.56. The van der Waals surface area contributed by atoms with Gasteiger partial charge in [-0.2, -0.15) is 0 Å². The Bertz CT molecular complexity index is 459. The van der Waals surface area contributed by atoms with Crippen molar-refractivity contribution in [1.29, 1.82) is 0 Å². The van der Waals surface area contributed by atoms with Crippen LogP contribution in [0.15, 0.2) is 18.2 Å². The fourth-order valence-corrected chi connectivity index (χ4v) is 2.99. The van der Waals surface area contributed by atoms with Gasteiger partial charge in [0.15, 0.2) is 0 Å². The molecule has 1 saturated carbocycles. The summed E-state index contributed by atoms with van der Waals surface area (Å²) in [5, 5.41) is 3.14. The van der Waals surface area contributed by atoms with Crippen LogP contribution < -0.4 is 11.1 Å². The average molecular weight is 395 g/mol. The van der Waals surface area contributed by atoms with Crippen LogP contribution in [0, 0.1) is 10.5 Å². The van der Waals surface area contributed by atoms with Crippen molar-refractivity contribution in [2.24, 2.45) is 5.73 Å². The molecular formula is C14H20ClIN2O. The van der Waals surface area contributed by atoms with E-state index in [4.69, 9.17) is 5.73 Å². The van der Waals surface area contributed by atoms with Crippen LogP contribution >= 0.6 is 35.0 Å². The third-order valence-electron chi connectivity index (χ3n) is 3.76. The zero-order valence-electron chi connectivity index (χ0n) is 11.0. The molecule has 0 heterocycles. The third-order valence-corrected chi connectivity index (χ3v) is 4.93. The van der Waals surface area contributed by atoms with Crippen LogP contribution in [0.25, 0.3) is 0 Å². The van der Waals surface area contributed by atoms with Crippen molar-refractivity contribution in [2.75, 3.05) is 6.54 Å². The summed E-state index contributed by atoms with van der Waals surface area (Å²) in [7, 11) is 0. The molecular weight excluding hydrogens is 375 g/mol. The predicted octanol–water partition coefficient (Wildman–Crippen LogP) is 3.02. The van der Waals surface area contributed by atoms with Gasteiger partial charge in [0, 0.05) is 15.7 Å². The lowest BCUT2D eigenvalue weighted by atomic mass is 9.97. The van der Waals surface area contributed by atoms with E-state index in [2.05, 4.69) is 27.9 Å². The minimum atomic E-state index is -0.173. The Morgan fingerprint density at radius 1 is 1.42 bits per heavy atom. The number of halogens is 2.